The first kappa shape index (κ1) is 17.9. The highest BCUT2D eigenvalue weighted by Gasteiger charge is 2.15. The van der Waals surface area contributed by atoms with Gasteiger partial charge in [0.25, 0.3) is 11.8 Å². The average Bonchev–Trinajstić information content (AvgIpc) is 2.56. The molecule has 24 heavy (non-hydrogen) atoms. The molecule has 0 saturated carbocycles. The first-order valence-electron chi connectivity index (χ1n) is 7.60. The van der Waals surface area contributed by atoms with Crippen LogP contribution in [0.1, 0.15) is 29.8 Å². The molecule has 0 aliphatic heterocycles. The minimum atomic E-state index is -0.322. The molecule has 2 aromatic rings. The van der Waals surface area contributed by atoms with E-state index in [4.69, 9.17) is 0 Å². The van der Waals surface area contributed by atoms with Gasteiger partial charge in [-0.05, 0) is 49.8 Å². The van der Waals surface area contributed by atoms with Gasteiger partial charge in [0.1, 0.15) is 5.70 Å². The molecule has 0 fully saturated rings. The number of halogens is 1. The Morgan fingerprint density at radius 2 is 1.62 bits per heavy atom. The van der Waals surface area contributed by atoms with Crippen molar-refractivity contribution in [3.05, 3.63) is 75.9 Å². The van der Waals surface area contributed by atoms with Crippen LogP contribution in [-0.4, -0.2) is 17.9 Å². The molecular weight excluding hydrogens is 368 g/mol. The predicted octanol–water partition coefficient (Wildman–Crippen LogP) is 3.74. The Balaban J connectivity index is 2.27. The highest BCUT2D eigenvalue weighted by Crippen LogP contribution is 2.13. The average molecular weight is 387 g/mol. The fourth-order valence-electron chi connectivity index (χ4n) is 2.01. The van der Waals surface area contributed by atoms with Crippen molar-refractivity contribution in [1.29, 1.82) is 0 Å². The van der Waals surface area contributed by atoms with Crippen LogP contribution in [0.3, 0.4) is 0 Å². The van der Waals surface area contributed by atoms with Crippen molar-refractivity contribution in [3.8, 4) is 0 Å². The number of amides is 2. The van der Waals surface area contributed by atoms with Crippen LogP contribution in [0.5, 0.6) is 0 Å². The van der Waals surface area contributed by atoms with Gasteiger partial charge in [-0.15, -0.1) is 0 Å². The van der Waals surface area contributed by atoms with E-state index in [1.807, 2.05) is 44.2 Å². The van der Waals surface area contributed by atoms with E-state index in [1.165, 1.54) is 0 Å². The van der Waals surface area contributed by atoms with Crippen LogP contribution in [0.15, 0.2) is 64.8 Å². The van der Waals surface area contributed by atoms with Crippen molar-refractivity contribution in [3.63, 3.8) is 0 Å². The van der Waals surface area contributed by atoms with Gasteiger partial charge in [-0.25, -0.2) is 0 Å². The molecule has 0 aliphatic carbocycles. The summed E-state index contributed by atoms with van der Waals surface area (Å²) < 4.78 is 0.946. The molecule has 0 aliphatic rings. The number of rotatable bonds is 5. The quantitative estimate of drug-likeness (QED) is 0.768. The fourth-order valence-corrected chi connectivity index (χ4v) is 2.27. The predicted molar refractivity (Wildman–Crippen MR) is 99.3 cm³/mol. The third-order valence-electron chi connectivity index (χ3n) is 3.13. The van der Waals surface area contributed by atoms with Gasteiger partial charge in [0.2, 0.25) is 0 Å². The minimum absolute atomic E-state index is 0.0283. The maximum atomic E-state index is 12.4. The molecule has 0 spiro atoms. The third-order valence-corrected chi connectivity index (χ3v) is 3.66. The second-order valence-corrected chi connectivity index (χ2v) is 6.47. The monoisotopic (exact) mass is 386 g/mol. The molecule has 0 bridgehead atoms. The molecule has 0 atom stereocenters. The lowest BCUT2D eigenvalue weighted by molar-refractivity contribution is -0.118. The number of carbonyl (C=O) groups excluding carboxylic acids is 2. The molecule has 4 nitrogen and oxygen atoms in total. The summed E-state index contributed by atoms with van der Waals surface area (Å²) in [5.74, 6) is -0.643. The van der Waals surface area contributed by atoms with Crippen molar-refractivity contribution in [1.82, 2.24) is 10.6 Å². The van der Waals surface area contributed by atoms with E-state index in [-0.39, 0.29) is 23.6 Å². The van der Waals surface area contributed by atoms with Crippen LogP contribution in [0.25, 0.3) is 6.08 Å². The molecule has 0 radical (unpaired) electrons. The standard InChI is InChI=1S/C19H19BrN2O2/c1-13(2)21-19(24)17(12-14-8-10-16(20)11-9-14)22-18(23)15-6-4-3-5-7-15/h3-13H,1-2H3,(H,21,24)(H,22,23). The van der Waals surface area contributed by atoms with Crippen molar-refractivity contribution < 1.29 is 9.59 Å². The SMILES string of the molecule is CC(C)NC(=O)C(=Cc1ccc(Br)cc1)NC(=O)c1ccccc1. The Kier molecular flexibility index (Phi) is 6.32. The summed E-state index contributed by atoms with van der Waals surface area (Å²) in [6, 6.07) is 16.2. The van der Waals surface area contributed by atoms with E-state index in [0.717, 1.165) is 10.0 Å². The number of carbonyl (C=O) groups is 2. The van der Waals surface area contributed by atoms with Gasteiger partial charge in [0.05, 0.1) is 0 Å². The molecule has 0 aromatic heterocycles. The third kappa shape index (κ3) is 5.35. The Morgan fingerprint density at radius 3 is 2.21 bits per heavy atom. The summed E-state index contributed by atoms with van der Waals surface area (Å²) in [4.78, 5) is 24.7. The Bertz CT molecular complexity index is 738. The van der Waals surface area contributed by atoms with Gasteiger partial charge in [-0.2, -0.15) is 0 Å². The van der Waals surface area contributed by atoms with E-state index in [2.05, 4.69) is 26.6 Å². The molecular formula is C19H19BrN2O2. The van der Waals surface area contributed by atoms with Crippen LogP contribution in [0, 0.1) is 0 Å². The van der Waals surface area contributed by atoms with Crippen LogP contribution < -0.4 is 10.6 Å². The maximum absolute atomic E-state index is 12.4. The van der Waals surface area contributed by atoms with Crippen LogP contribution in [0.2, 0.25) is 0 Å². The zero-order valence-corrected chi connectivity index (χ0v) is 15.1. The van der Waals surface area contributed by atoms with Gasteiger partial charge < -0.3 is 10.6 Å². The topological polar surface area (TPSA) is 58.2 Å². The van der Waals surface area contributed by atoms with Gasteiger partial charge in [-0.1, -0.05) is 46.3 Å². The minimum Gasteiger partial charge on any atom is -0.349 e. The maximum Gasteiger partial charge on any atom is 0.268 e. The van der Waals surface area contributed by atoms with Crippen LogP contribution in [-0.2, 0) is 4.79 Å². The zero-order valence-electron chi connectivity index (χ0n) is 13.5. The number of nitrogens with one attached hydrogen (secondary N) is 2. The van der Waals surface area contributed by atoms with Gasteiger partial charge >= 0.3 is 0 Å². The largest absolute Gasteiger partial charge is 0.349 e. The van der Waals surface area contributed by atoms with Crippen LogP contribution in [0.4, 0.5) is 0 Å². The Hall–Kier alpha value is -2.40. The summed E-state index contributed by atoms with van der Waals surface area (Å²) in [7, 11) is 0. The molecule has 0 unspecified atom stereocenters. The summed E-state index contributed by atoms with van der Waals surface area (Å²) in [5, 5.41) is 5.50. The highest BCUT2D eigenvalue weighted by molar-refractivity contribution is 9.10. The van der Waals surface area contributed by atoms with Gasteiger partial charge in [0.15, 0.2) is 0 Å². The molecule has 0 saturated heterocycles. The summed E-state index contributed by atoms with van der Waals surface area (Å²) >= 11 is 3.37. The highest BCUT2D eigenvalue weighted by atomic mass is 79.9. The van der Waals surface area contributed by atoms with E-state index in [0.29, 0.717) is 5.56 Å². The molecule has 5 heteroatoms. The summed E-state index contributed by atoms with van der Waals surface area (Å²) in [6.07, 6.45) is 1.66. The van der Waals surface area contributed by atoms with E-state index >= 15 is 0 Å². The first-order chi connectivity index (χ1) is 11.5. The molecule has 0 heterocycles. The fraction of sp³-hybridized carbons (Fsp3) is 0.158. The van der Waals surface area contributed by atoms with E-state index in [9.17, 15) is 9.59 Å². The molecule has 2 amide bonds. The first-order valence-corrected chi connectivity index (χ1v) is 8.39. The van der Waals surface area contributed by atoms with E-state index in [1.54, 1.807) is 30.3 Å². The molecule has 124 valence electrons. The summed E-state index contributed by atoms with van der Waals surface area (Å²) in [6.45, 7) is 3.74. The number of hydrogen-bond donors (Lipinski definition) is 2. The van der Waals surface area contributed by atoms with Crippen molar-refractivity contribution >= 4 is 33.8 Å². The molecule has 2 rings (SSSR count). The lowest BCUT2D eigenvalue weighted by Gasteiger charge is -2.13. The second-order valence-electron chi connectivity index (χ2n) is 5.56. The number of benzene rings is 2. The van der Waals surface area contributed by atoms with E-state index < -0.39 is 0 Å². The Labute approximate surface area is 150 Å². The second kappa shape index (κ2) is 8.45. The lowest BCUT2D eigenvalue weighted by Crippen LogP contribution is -2.38. The molecule has 2 N–H and O–H groups in total. The van der Waals surface area contributed by atoms with Gasteiger partial charge in [-0.3, -0.25) is 9.59 Å². The van der Waals surface area contributed by atoms with Crippen molar-refractivity contribution in [2.75, 3.05) is 0 Å². The summed E-state index contributed by atoms with van der Waals surface area (Å²) in [5.41, 5.74) is 1.52. The number of hydrogen-bond acceptors (Lipinski definition) is 2. The van der Waals surface area contributed by atoms with Crippen molar-refractivity contribution in [2.45, 2.75) is 19.9 Å². The Morgan fingerprint density at radius 1 is 1.00 bits per heavy atom. The lowest BCUT2D eigenvalue weighted by atomic mass is 10.1. The molecule has 2 aromatic carbocycles. The van der Waals surface area contributed by atoms with Crippen LogP contribution >= 0.6 is 15.9 Å². The van der Waals surface area contributed by atoms with Crippen molar-refractivity contribution in [2.24, 2.45) is 0 Å². The smallest absolute Gasteiger partial charge is 0.268 e. The van der Waals surface area contributed by atoms with Gasteiger partial charge in [0, 0.05) is 16.1 Å². The normalized spacial score (nSPS) is 11.2. The zero-order chi connectivity index (χ0) is 17.5.